The van der Waals surface area contributed by atoms with E-state index in [4.69, 9.17) is 0 Å². The summed E-state index contributed by atoms with van der Waals surface area (Å²) in [4.78, 5) is 11.8. The van der Waals surface area contributed by atoms with Crippen molar-refractivity contribution in [2.45, 2.75) is 38.2 Å². The standard InChI is InChI=1S/C9H13F4NO/c1-5(6-3-4-6)14(2)8(15)9(12,13)7(10)11/h5-7H,3-4H2,1-2H3. The third kappa shape index (κ3) is 2.41. The first-order valence-electron chi connectivity index (χ1n) is 4.71. The van der Waals surface area contributed by atoms with Gasteiger partial charge in [-0.3, -0.25) is 4.79 Å². The third-order valence-corrected chi connectivity index (χ3v) is 2.79. The zero-order valence-corrected chi connectivity index (χ0v) is 8.51. The van der Waals surface area contributed by atoms with E-state index in [2.05, 4.69) is 0 Å². The monoisotopic (exact) mass is 227 g/mol. The summed E-state index contributed by atoms with van der Waals surface area (Å²) in [5.74, 6) is -6.19. The quantitative estimate of drug-likeness (QED) is 0.674. The molecule has 0 N–H and O–H groups in total. The van der Waals surface area contributed by atoms with Crippen molar-refractivity contribution < 1.29 is 22.4 Å². The molecule has 1 saturated carbocycles. The van der Waals surface area contributed by atoms with Gasteiger partial charge in [-0.05, 0) is 25.7 Å². The first kappa shape index (κ1) is 12.3. The Balaban J connectivity index is 2.66. The predicted molar refractivity (Wildman–Crippen MR) is 45.9 cm³/mol. The molecule has 1 aliphatic carbocycles. The Hall–Kier alpha value is -0.810. The number of carbonyl (C=O) groups excluding carboxylic acids is 1. The van der Waals surface area contributed by atoms with Crippen LogP contribution in [0.15, 0.2) is 0 Å². The van der Waals surface area contributed by atoms with Crippen molar-refractivity contribution in [3.63, 3.8) is 0 Å². The number of rotatable bonds is 4. The van der Waals surface area contributed by atoms with Gasteiger partial charge in [0.25, 0.3) is 5.91 Å². The van der Waals surface area contributed by atoms with Crippen LogP contribution in [0.1, 0.15) is 19.8 Å². The van der Waals surface area contributed by atoms with Crippen molar-refractivity contribution >= 4 is 5.91 Å². The molecule has 0 aromatic carbocycles. The molecule has 0 aromatic heterocycles. The molecule has 15 heavy (non-hydrogen) atoms. The van der Waals surface area contributed by atoms with Crippen molar-refractivity contribution in [2.24, 2.45) is 5.92 Å². The van der Waals surface area contributed by atoms with Gasteiger partial charge in [0, 0.05) is 13.1 Å². The van der Waals surface area contributed by atoms with Crippen molar-refractivity contribution in [3.05, 3.63) is 0 Å². The second kappa shape index (κ2) is 3.98. The largest absolute Gasteiger partial charge is 0.383 e. The van der Waals surface area contributed by atoms with Gasteiger partial charge in [0.2, 0.25) is 0 Å². The van der Waals surface area contributed by atoms with Gasteiger partial charge in [0.1, 0.15) is 0 Å². The maximum absolute atomic E-state index is 12.7. The van der Waals surface area contributed by atoms with Gasteiger partial charge in [0.15, 0.2) is 0 Å². The van der Waals surface area contributed by atoms with Crippen LogP contribution in [-0.4, -0.2) is 36.2 Å². The Morgan fingerprint density at radius 2 is 1.87 bits per heavy atom. The van der Waals surface area contributed by atoms with E-state index in [1.807, 2.05) is 0 Å². The smallest absolute Gasteiger partial charge is 0.337 e. The molecule has 1 aliphatic rings. The molecular weight excluding hydrogens is 214 g/mol. The van der Waals surface area contributed by atoms with E-state index < -0.39 is 24.3 Å². The van der Waals surface area contributed by atoms with E-state index in [1.54, 1.807) is 6.92 Å². The van der Waals surface area contributed by atoms with Crippen LogP contribution in [-0.2, 0) is 4.79 Å². The predicted octanol–water partition coefficient (Wildman–Crippen LogP) is 2.14. The van der Waals surface area contributed by atoms with Gasteiger partial charge in [-0.15, -0.1) is 0 Å². The molecule has 6 heteroatoms. The van der Waals surface area contributed by atoms with E-state index >= 15 is 0 Å². The van der Waals surface area contributed by atoms with Gasteiger partial charge >= 0.3 is 12.3 Å². The van der Waals surface area contributed by atoms with Gasteiger partial charge < -0.3 is 4.90 Å². The minimum atomic E-state index is -4.57. The Morgan fingerprint density at radius 1 is 1.40 bits per heavy atom. The normalized spacial score (nSPS) is 19.1. The lowest BCUT2D eigenvalue weighted by Crippen LogP contribution is -2.49. The summed E-state index contributed by atoms with van der Waals surface area (Å²) in [5.41, 5.74) is 0. The molecule has 88 valence electrons. The maximum atomic E-state index is 12.7. The van der Waals surface area contributed by atoms with Gasteiger partial charge in [0.05, 0.1) is 0 Å². The molecule has 1 atom stereocenters. The highest BCUT2D eigenvalue weighted by Gasteiger charge is 2.52. The average molecular weight is 227 g/mol. The van der Waals surface area contributed by atoms with Gasteiger partial charge in [-0.2, -0.15) is 8.78 Å². The molecule has 1 amide bonds. The Morgan fingerprint density at radius 3 is 2.20 bits per heavy atom. The SMILES string of the molecule is CC(C1CC1)N(C)C(=O)C(F)(F)C(F)F. The van der Waals surface area contributed by atoms with Gasteiger partial charge in [-0.25, -0.2) is 8.78 Å². The first-order chi connectivity index (χ1) is 6.78. The summed E-state index contributed by atoms with van der Waals surface area (Å²) >= 11 is 0. The molecule has 0 aromatic rings. The van der Waals surface area contributed by atoms with Gasteiger partial charge in [-0.1, -0.05) is 0 Å². The Kier molecular flexibility index (Phi) is 3.25. The number of halogens is 4. The lowest BCUT2D eigenvalue weighted by Gasteiger charge is -2.28. The number of hydrogen-bond donors (Lipinski definition) is 0. The number of hydrogen-bond acceptors (Lipinski definition) is 1. The molecule has 0 radical (unpaired) electrons. The molecule has 0 aliphatic heterocycles. The highest BCUT2D eigenvalue weighted by Crippen LogP contribution is 2.36. The zero-order valence-electron chi connectivity index (χ0n) is 8.51. The highest BCUT2D eigenvalue weighted by molar-refractivity contribution is 5.84. The molecular formula is C9H13F4NO. The van der Waals surface area contributed by atoms with Crippen LogP contribution in [0.2, 0.25) is 0 Å². The van der Waals surface area contributed by atoms with Crippen LogP contribution in [0.4, 0.5) is 17.6 Å². The van der Waals surface area contributed by atoms with Crippen LogP contribution < -0.4 is 0 Å². The maximum Gasteiger partial charge on any atom is 0.383 e. The first-order valence-corrected chi connectivity index (χ1v) is 4.71. The fourth-order valence-corrected chi connectivity index (χ4v) is 1.41. The molecule has 1 fully saturated rings. The number of carbonyl (C=O) groups is 1. The van der Waals surface area contributed by atoms with Crippen molar-refractivity contribution in [1.29, 1.82) is 0 Å². The van der Waals surface area contributed by atoms with Crippen LogP contribution in [0.3, 0.4) is 0 Å². The number of nitrogens with zero attached hydrogens (tertiary/aromatic N) is 1. The number of alkyl halides is 4. The van der Waals surface area contributed by atoms with E-state index in [-0.39, 0.29) is 5.92 Å². The fourth-order valence-electron chi connectivity index (χ4n) is 1.41. The van der Waals surface area contributed by atoms with E-state index in [9.17, 15) is 22.4 Å². The second-order valence-electron chi connectivity index (χ2n) is 3.92. The minimum absolute atomic E-state index is 0.174. The summed E-state index contributed by atoms with van der Waals surface area (Å²) in [5, 5.41) is 0. The zero-order chi connectivity index (χ0) is 11.8. The Bertz CT molecular complexity index is 252. The Labute approximate surface area is 85.2 Å². The minimum Gasteiger partial charge on any atom is -0.337 e. The summed E-state index contributed by atoms with van der Waals surface area (Å²) in [6.45, 7) is 1.59. The highest BCUT2D eigenvalue weighted by atomic mass is 19.3. The summed E-state index contributed by atoms with van der Waals surface area (Å²) < 4.78 is 49.2. The molecule has 0 heterocycles. The van der Waals surface area contributed by atoms with Crippen LogP contribution >= 0.6 is 0 Å². The lowest BCUT2D eigenvalue weighted by atomic mass is 10.1. The third-order valence-electron chi connectivity index (χ3n) is 2.79. The van der Waals surface area contributed by atoms with Crippen LogP contribution in [0.5, 0.6) is 0 Å². The van der Waals surface area contributed by atoms with E-state index in [0.29, 0.717) is 0 Å². The molecule has 1 unspecified atom stereocenters. The molecule has 0 spiro atoms. The summed E-state index contributed by atoms with van der Waals surface area (Å²) in [6.07, 6.45) is -2.23. The molecule has 2 nitrogen and oxygen atoms in total. The topological polar surface area (TPSA) is 20.3 Å². The van der Waals surface area contributed by atoms with Crippen molar-refractivity contribution in [3.8, 4) is 0 Å². The second-order valence-corrected chi connectivity index (χ2v) is 3.92. The summed E-state index contributed by atoms with van der Waals surface area (Å²) in [7, 11) is 1.14. The molecule has 0 bridgehead atoms. The number of amides is 1. The van der Waals surface area contributed by atoms with Crippen LogP contribution in [0.25, 0.3) is 0 Å². The average Bonchev–Trinajstić information content (AvgIpc) is 2.97. The lowest BCUT2D eigenvalue weighted by molar-refractivity contribution is -0.181. The van der Waals surface area contributed by atoms with E-state index in [0.717, 1.165) is 24.8 Å². The van der Waals surface area contributed by atoms with E-state index in [1.165, 1.54) is 0 Å². The molecule has 1 rings (SSSR count). The van der Waals surface area contributed by atoms with Crippen molar-refractivity contribution in [2.75, 3.05) is 7.05 Å². The van der Waals surface area contributed by atoms with Crippen LogP contribution in [0, 0.1) is 5.92 Å². The van der Waals surface area contributed by atoms with Crippen molar-refractivity contribution in [1.82, 2.24) is 4.90 Å². The molecule has 0 saturated heterocycles. The summed E-state index contributed by atoms with van der Waals surface area (Å²) in [6, 6.07) is -0.401. The fraction of sp³-hybridized carbons (Fsp3) is 0.889.